The van der Waals surface area contributed by atoms with Crippen molar-refractivity contribution in [3.05, 3.63) is 65.4 Å². The predicted octanol–water partition coefficient (Wildman–Crippen LogP) is 4.64. The van der Waals surface area contributed by atoms with E-state index in [-0.39, 0.29) is 30.3 Å². The minimum Gasteiger partial charge on any atom is -0.475 e. The Balaban J connectivity index is 0.000000609. The number of carbonyl (C=O) groups excluding carboxylic acids is 1. The maximum atomic E-state index is 15.7. The summed E-state index contributed by atoms with van der Waals surface area (Å²) in [6.07, 6.45) is 0.922. The number of aliphatic carboxylic acids is 1. The number of hydrogen-bond acceptors (Lipinski definition) is 10. The summed E-state index contributed by atoms with van der Waals surface area (Å²) in [5.74, 6) is -5.61. The lowest BCUT2D eigenvalue weighted by Crippen LogP contribution is -2.69. The lowest BCUT2D eigenvalue weighted by atomic mass is 9.69. The van der Waals surface area contributed by atoms with Crippen molar-refractivity contribution in [2.24, 2.45) is 5.41 Å². The molecule has 3 fully saturated rings. The number of alkyl halides is 5. The Labute approximate surface area is 311 Å². The molecular weight excluding hydrogens is 736 g/mol. The van der Waals surface area contributed by atoms with Gasteiger partial charge in [-0.25, -0.2) is 27.5 Å². The molecule has 55 heavy (non-hydrogen) atoms. The summed E-state index contributed by atoms with van der Waals surface area (Å²) in [7, 11) is 3.44. The fourth-order valence-electron chi connectivity index (χ4n) is 7.75. The largest absolute Gasteiger partial charge is 0.490 e. The van der Waals surface area contributed by atoms with Gasteiger partial charge in [-0.1, -0.05) is 12.1 Å². The number of carbonyl (C=O) groups is 2. The summed E-state index contributed by atoms with van der Waals surface area (Å²) in [6, 6.07) is 9.03. The zero-order chi connectivity index (χ0) is 39.3. The third-order valence-corrected chi connectivity index (χ3v) is 10.8. The van der Waals surface area contributed by atoms with Crippen molar-refractivity contribution in [3.8, 4) is 11.3 Å². The zero-order valence-electron chi connectivity index (χ0n) is 29.9. The first-order valence-corrected chi connectivity index (χ1v) is 17.7. The van der Waals surface area contributed by atoms with E-state index in [1.165, 1.54) is 12.3 Å². The molecule has 4 N–H and O–H groups in total. The van der Waals surface area contributed by atoms with Crippen LogP contribution >= 0.6 is 0 Å². The Morgan fingerprint density at radius 1 is 1.13 bits per heavy atom. The van der Waals surface area contributed by atoms with Gasteiger partial charge in [0.25, 0.3) is 11.8 Å². The Hall–Kier alpha value is -5.01. The topological polar surface area (TPSA) is 149 Å². The van der Waals surface area contributed by atoms with Crippen molar-refractivity contribution in [2.45, 2.75) is 56.5 Å². The number of aromatic nitrogens is 4. The summed E-state index contributed by atoms with van der Waals surface area (Å²) in [6.45, 7) is 1.86. The number of likely N-dealkylation sites (tertiary alicyclic amines) is 1. The predicted molar refractivity (Wildman–Crippen MR) is 188 cm³/mol. The van der Waals surface area contributed by atoms with Gasteiger partial charge in [0.05, 0.1) is 36.0 Å². The number of imidazole rings is 1. The van der Waals surface area contributed by atoms with E-state index in [9.17, 15) is 26.7 Å². The van der Waals surface area contributed by atoms with E-state index >= 15 is 4.39 Å². The summed E-state index contributed by atoms with van der Waals surface area (Å²) in [5, 5.41) is 21.0. The van der Waals surface area contributed by atoms with Gasteiger partial charge in [0, 0.05) is 63.9 Å². The minimum absolute atomic E-state index is 0.00142. The number of piperidine rings is 1. The number of ether oxygens (including phenoxy) is 1. The second-order valence-corrected chi connectivity index (χ2v) is 14.2. The molecule has 4 aliphatic rings. The third-order valence-electron chi connectivity index (χ3n) is 10.8. The van der Waals surface area contributed by atoms with Gasteiger partial charge in [0.1, 0.15) is 11.5 Å². The number of carboxylic acids is 1. The molecule has 8 rings (SSSR count). The Kier molecular flexibility index (Phi) is 10.1. The van der Waals surface area contributed by atoms with Crippen molar-refractivity contribution in [3.63, 3.8) is 0 Å². The number of hydrogen-bond donors (Lipinski definition) is 4. The molecule has 1 aromatic carbocycles. The van der Waals surface area contributed by atoms with Gasteiger partial charge in [-0.2, -0.15) is 13.2 Å². The molecule has 0 unspecified atom stereocenters. The number of nitrogens with one attached hydrogen (secondary N) is 3. The lowest BCUT2D eigenvalue weighted by Gasteiger charge is -2.56. The van der Waals surface area contributed by atoms with Crippen LogP contribution in [0.5, 0.6) is 0 Å². The van der Waals surface area contributed by atoms with Crippen LogP contribution in [0.3, 0.4) is 0 Å². The molecule has 2 atom stereocenters. The standard InChI is InChI=1S/C34H38F3N9O2.C2HF3O2/c1-38-25-13-29(43-46-27(15-41-31(25)46)32(47)42-24-6-7-28(24)48-2)45-11-8-21-22(4-3-5-26(21)45)30-23(35)12-20(14-40-30)16-44-18-33(19-44)9-10-39-17-34(33,36)37;3-2(4,5)1(6)7/h3-5,12-15,24,28,38-39H,6-11,16-19H2,1-2H3,(H,42,47);(H,6,7)/t24-,28-;/m1./s1. The Morgan fingerprint density at radius 3 is 2.53 bits per heavy atom. The first-order chi connectivity index (χ1) is 26.1. The number of fused-ring (bicyclic) bond motifs is 2. The van der Waals surface area contributed by atoms with Crippen LogP contribution in [0.25, 0.3) is 16.9 Å². The molecular formula is C36H39F6N9O4. The van der Waals surface area contributed by atoms with E-state index in [0.29, 0.717) is 79.5 Å². The zero-order valence-corrected chi connectivity index (χ0v) is 29.9. The van der Waals surface area contributed by atoms with E-state index in [4.69, 9.17) is 19.7 Å². The molecule has 294 valence electrons. The summed E-state index contributed by atoms with van der Waals surface area (Å²) in [5.41, 5.74) is 3.99. The maximum Gasteiger partial charge on any atom is 0.490 e. The number of anilines is 3. The van der Waals surface area contributed by atoms with Crippen molar-refractivity contribution in [1.82, 2.24) is 35.1 Å². The minimum atomic E-state index is -5.08. The van der Waals surface area contributed by atoms with Crippen LogP contribution < -0.4 is 20.9 Å². The van der Waals surface area contributed by atoms with E-state index in [1.54, 1.807) is 24.9 Å². The second-order valence-electron chi connectivity index (χ2n) is 14.2. The smallest absolute Gasteiger partial charge is 0.475 e. The molecule has 1 spiro atoms. The van der Waals surface area contributed by atoms with Gasteiger partial charge < -0.3 is 30.7 Å². The van der Waals surface area contributed by atoms with Crippen LogP contribution in [0, 0.1) is 11.2 Å². The SMILES string of the molecule is CNc1cc(N2CCc3c(-c4ncc(CN5CC6(CCNCC6(F)F)C5)cc4F)cccc32)nn2c(C(=O)N[C@@H]3CC[C@H]3OC)cnc12.O=C(O)C(F)(F)F. The quantitative estimate of drug-likeness (QED) is 0.186. The fraction of sp³-hybridized carbons (Fsp3) is 0.472. The average molecular weight is 776 g/mol. The highest BCUT2D eigenvalue weighted by Gasteiger charge is 2.60. The molecule has 2 saturated heterocycles. The van der Waals surface area contributed by atoms with Gasteiger partial charge in [-0.3, -0.25) is 14.7 Å². The molecule has 0 bridgehead atoms. The number of nitrogens with zero attached hydrogens (tertiary/aromatic N) is 6. The highest BCUT2D eigenvalue weighted by atomic mass is 19.4. The third kappa shape index (κ3) is 7.15. The summed E-state index contributed by atoms with van der Waals surface area (Å²) < 4.78 is 83.6. The van der Waals surface area contributed by atoms with Crippen LogP contribution in [0.2, 0.25) is 0 Å². The molecule has 1 saturated carbocycles. The number of halogens is 6. The van der Waals surface area contributed by atoms with E-state index in [2.05, 4.69) is 30.8 Å². The van der Waals surface area contributed by atoms with Crippen molar-refractivity contribution < 1.29 is 45.8 Å². The molecule has 13 nitrogen and oxygen atoms in total. The fourth-order valence-corrected chi connectivity index (χ4v) is 7.75. The average Bonchev–Trinajstić information content (AvgIpc) is 3.75. The van der Waals surface area contributed by atoms with Crippen molar-refractivity contribution in [2.75, 3.05) is 57.1 Å². The molecule has 19 heteroatoms. The molecule has 4 aromatic rings. The van der Waals surface area contributed by atoms with Crippen molar-refractivity contribution in [1.29, 1.82) is 0 Å². The van der Waals surface area contributed by atoms with E-state index < -0.39 is 29.3 Å². The summed E-state index contributed by atoms with van der Waals surface area (Å²) in [4.78, 5) is 35.2. The van der Waals surface area contributed by atoms with Gasteiger partial charge in [-0.05, 0) is 55.5 Å². The van der Waals surface area contributed by atoms with Gasteiger partial charge in [-0.15, -0.1) is 5.10 Å². The van der Waals surface area contributed by atoms with E-state index in [0.717, 1.165) is 24.1 Å². The number of methoxy groups -OCH3 is 1. The molecule has 1 aliphatic carbocycles. The highest BCUT2D eigenvalue weighted by Crippen LogP contribution is 2.49. The highest BCUT2D eigenvalue weighted by molar-refractivity contribution is 5.94. The van der Waals surface area contributed by atoms with Crippen LogP contribution in [-0.4, -0.2) is 113 Å². The monoisotopic (exact) mass is 775 g/mol. The number of benzene rings is 1. The molecule has 3 aromatic heterocycles. The van der Waals surface area contributed by atoms with Gasteiger partial charge >= 0.3 is 12.1 Å². The Bertz CT molecular complexity index is 2100. The number of pyridine rings is 1. The van der Waals surface area contributed by atoms with Gasteiger partial charge in [0.15, 0.2) is 17.2 Å². The van der Waals surface area contributed by atoms with Crippen molar-refractivity contribution >= 4 is 34.7 Å². The van der Waals surface area contributed by atoms with Gasteiger partial charge in [0.2, 0.25) is 0 Å². The number of amides is 1. The first kappa shape index (κ1) is 38.3. The van der Waals surface area contributed by atoms with Crippen LogP contribution in [-0.2, 0) is 22.5 Å². The number of carboxylic acid groups (broad SMARTS) is 1. The molecule has 1 amide bonds. The maximum absolute atomic E-state index is 15.7. The molecule has 3 aliphatic heterocycles. The normalized spacial score (nSPS) is 21.3. The van der Waals surface area contributed by atoms with E-state index in [1.807, 2.05) is 29.2 Å². The van der Waals surface area contributed by atoms with Crippen LogP contribution in [0.4, 0.5) is 43.5 Å². The van der Waals surface area contributed by atoms with Crippen LogP contribution in [0.1, 0.15) is 40.9 Å². The molecule has 0 radical (unpaired) electrons. The Morgan fingerprint density at radius 2 is 1.89 bits per heavy atom. The second kappa shape index (κ2) is 14.6. The number of rotatable bonds is 8. The molecule has 6 heterocycles. The first-order valence-electron chi connectivity index (χ1n) is 17.7. The summed E-state index contributed by atoms with van der Waals surface area (Å²) >= 11 is 0. The van der Waals surface area contributed by atoms with Crippen LogP contribution in [0.15, 0.2) is 42.7 Å². The lowest BCUT2D eigenvalue weighted by molar-refractivity contribution is -0.205.